The molecule has 0 spiro atoms. The maximum atomic E-state index is 14.1. The van der Waals surface area contributed by atoms with Gasteiger partial charge in [-0.05, 0) is 97.6 Å². The minimum atomic E-state index is -1.52. The largest absolute Gasteiger partial charge is 0.457 e. The number of furan rings is 1. The summed E-state index contributed by atoms with van der Waals surface area (Å²) in [6, 6.07) is 8.42. The number of aromatic nitrogens is 2. The number of nitriles is 1. The van der Waals surface area contributed by atoms with Gasteiger partial charge in [0.15, 0.2) is 5.60 Å². The van der Waals surface area contributed by atoms with Crippen LogP contribution >= 0.6 is 11.8 Å². The standard InChI is InChI=1S/C34H33F2N3O5S/c1-32-16-19-18-38-39(23-14-21(35)13-22(36)15-23)26(19)12-20(32)5-6-24-25-7-8-34(31(42)45-11-9-37,33(25,2)17-27(40)29(24)32)44-30(41)28-4-3-10-43-28/h3-4,10,12-15,18,24-25,27,29,40H,5-8,11,16-17H2,1-2H3/t24-,25-,27-,29+,32-,33-,34-/m0/s1. The van der Waals surface area contributed by atoms with Crippen LogP contribution < -0.4 is 0 Å². The second-order valence-electron chi connectivity index (χ2n) is 13.3. The van der Waals surface area contributed by atoms with Crippen molar-refractivity contribution in [2.24, 2.45) is 28.6 Å². The summed E-state index contributed by atoms with van der Waals surface area (Å²) in [5, 5.41) is 25.4. The highest BCUT2D eigenvalue weighted by atomic mass is 32.2. The van der Waals surface area contributed by atoms with Crippen molar-refractivity contribution in [1.29, 1.82) is 5.26 Å². The fraction of sp³-hybridized carbons (Fsp3) is 0.471. The molecule has 0 radical (unpaired) electrons. The average molecular weight is 634 g/mol. The van der Waals surface area contributed by atoms with E-state index in [0.29, 0.717) is 24.9 Å². The van der Waals surface area contributed by atoms with Crippen LogP contribution in [0.2, 0.25) is 0 Å². The summed E-state index contributed by atoms with van der Waals surface area (Å²) in [5.41, 5.74) is 0.391. The number of ether oxygens (including phenoxy) is 1. The number of carbonyl (C=O) groups excluding carboxylic acids is 2. The van der Waals surface area contributed by atoms with Crippen LogP contribution in [0.25, 0.3) is 11.8 Å². The van der Waals surface area contributed by atoms with E-state index in [1.807, 2.05) is 13.0 Å². The zero-order valence-corrected chi connectivity index (χ0v) is 25.8. The predicted molar refractivity (Wildman–Crippen MR) is 161 cm³/mol. The number of carbonyl (C=O) groups is 2. The normalized spacial score (nSPS) is 33.2. The minimum Gasteiger partial charge on any atom is -0.457 e. The monoisotopic (exact) mass is 633 g/mol. The lowest BCUT2D eigenvalue weighted by molar-refractivity contribution is -0.175. The zero-order valence-electron chi connectivity index (χ0n) is 25.0. The van der Waals surface area contributed by atoms with Gasteiger partial charge in [-0.25, -0.2) is 18.3 Å². The molecule has 0 aliphatic heterocycles. The molecule has 234 valence electrons. The Morgan fingerprint density at radius 2 is 2.02 bits per heavy atom. The Hall–Kier alpha value is -3.75. The van der Waals surface area contributed by atoms with Crippen molar-refractivity contribution in [3.05, 3.63) is 77.0 Å². The number of aliphatic hydroxyl groups is 1. The number of allylic oxidation sites excluding steroid dienone is 1. The molecule has 7 atom stereocenters. The van der Waals surface area contributed by atoms with E-state index in [-0.39, 0.29) is 40.8 Å². The molecule has 0 saturated heterocycles. The Morgan fingerprint density at radius 3 is 2.73 bits per heavy atom. The molecule has 3 saturated carbocycles. The minimum absolute atomic E-state index is 0.00626. The van der Waals surface area contributed by atoms with Gasteiger partial charge in [-0.1, -0.05) is 31.2 Å². The highest BCUT2D eigenvalue weighted by molar-refractivity contribution is 8.14. The molecule has 7 rings (SSSR count). The average Bonchev–Trinajstić information content (AvgIpc) is 3.72. The first-order valence-electron chi connectivity index (χ1n) is 15.2. The number of halogens is 2. The van der Waals surface area contributed by atoms with E-state index in [2.05, 4.69) is 18.1 Å². The third kappa shape index (κ3) is 4.43. The van der Waals surface area contributed by atoms with Gasteiger partial charge in [-0.2, -0.15) is 10.4 Å². The van der Waals surface area contributed by atoms with Crippen molar-refractivity contribution < 1.29 is 32.6 Å². The van der Waals surface area contributed by atoms with Gasteiger partial charge in [-0.3, -0.25) is 4.79 Å². The third-order valence-electron chi connectivity index (χ3n) is 11.2. The molecule has 0 amide bonds. The highest BCUT2D eigenvalue weighted by Crippen LogP contribution is 2.69. The molecule has 0 unspecified atom stereocenters. The molecule has 11 heteroatoms. The van der Waals surface area contributed by atoms with E-state index in [4.69, 9.17) is 9.15 Å². The van der Waals surface area contributed by atoms with Crippen molar-refractivity contribution in [1.82, 2.24) is 9.78 Å². The molecule has 4 aliphatic carbocycles. The number of hydrogen-bond acceptors (Lipinski definition) is 8. The fourth-order valence-electron chi connectivity index (χ4n) is 9.40. The fourth-order valence-corrected chi connectivity index (χ4v) is 10.2. The first-order valence-corrected chi connectivity index (χ1v) is 16.2. The number of rotatable bonds is 5. The maximum Gasteiger partial charge on any atom is 0.375 e. The second-order valence-corrected chi connectivity index (χ2v) is 14.3. The number of nitrogens with zero attached hydrogens (tertiary/aromatic N) is 3. The first-order chi connectivity index (χ1) is 21.5. The van der Waals surface area contributed by atoms with Crippen molar-refractivity contribution in [3.8, 4) is 11.8 Å². The molecule has 45 heavy (non-hydrogen) atoms. The van der Waals surface area contributed by atoms with Crippen molar-refractivity contribution in [2.45, 2.75) is 64.1 Å². The van der Waals surface area contributed by atoms with Crippen LogP contribution in [0.3, 0.4) is 0 Å². The molecule has 3 aromatic rings. The van der Waals surface area contributed by atoms with Crippen molar-refractivity contribution in [2.75, 3.05) is 5.75 Å². The molecular weight excluding hydrogens is 600 g/mol. The zero-order chi connectivity index (χ0) is 31.7. The van der Waals surface area contributed by atoms with Gasteiger partial charge in [-0.15, -0.1) is 0 Å². The molecule has 2 heterocycles. The van der Waals surface area contributed by atoms with Crippen LogP contribution in [0.15, 0.2) is 52.8 Å². The first kappa shape index (κ1) is 29.9. The molecule has 8 nitrogen and oxygen atoms in total. The topological polar surface area (TPSA) is 118 Å². The molecular formula is C34H33F2N3O5S. The summed E-state index contributed by atoms with van der Waals surface area (Å²) in [6.07, 6.45) is 7.67. The summed E-state index contributed by atoms with van der Waals surface area (Å²) < 4.78 is 41.1. The summed E-state index contributed by atoms with van der Waals surface area (Å²) in [4.78, 5) is 27.2. The second kappa shape index (κ2) is 10.7. The van der Waals surface area contributed by atoms with Gasteiger partial charge < -0.3 is 14.3 Å². The Balaban J connectivity index is 1.23. The number of thioether (sulfide) groups is 1. The molecule has 3 fully saturated rings. The van der Waals surface area contributed by atoms with Crippen LogP contribution in [0.4, 0.5) is 8.78 Å². The van der Waals surface area contributed by atoms with Crippen LogP contribution in [0, 0.1) is 51.5 Å². The Bertz CT molecular complexity index is 1740. The number of esters is 1. The van der Waals surface area contributed by atoms with Gasteiger partial charge >= 0.3 is 5.97 Å². The number of fused-ring (bicyclic) bond motifs is 6. The third-order valence-corrected chi connectivity index (χ3v) is 12.1. The summed E-state index contributed by atoms with van der Waals surface area (Å²) in [5.74, 6) is -2.26. The number of hydrogen-bond donors (Lipinski definition) is 1. The Labute approximate surface area is 263 Å². The maximum absolute atomic E-state index is 14.1. The van der Waals surface area contributed by atoms with E-state index in [1.54, 1.807) is 16.9 Å². The van der Waals surface area contributed by atoms with E-state index < -0.39 is 40.1 Å². The summed E-state index contributed by atoms with van der Waals surface area (Å²) in [6.45, 7) is 4.13. The van der Waals surface area contributed by atoms with Crippen LogP contribution in [-0.4, -0.2) is 43.4 Å². The van der Waals surface area contributed by atoms with Gasteiger partial charge in [0, 0.05) is 11.5 Å². The summed E-state index contributed by atoms with van der Waals surface area (Å²) in [7, 11) is 0. The SMILES string of the molecule is C[C@]12Cc3cnn(-c4cc(F)cc(F)c4)c3C=C1CC[C@@H]1[C@@H]2[C@@H](O)C[C@@]2(C)[C@H]1CC[C@]2(OC(=O)c1ccco1)C(=O)SCC#N. The lowest BCUT2D eigenvalue weighted by Gasteiger charge is -2.60. The number of benzene rings is 1. The van der Waals surface area contributed by atoms with E-state index in [0.717, 1.165) is 47.5 Å². The Kier molecular flexibility index (Phi) is 7.09. The smallest absolute Gasteiger partial charge is 0.375 e. The van der Waals surface area contributed by atoms with Gasteiger partial charge in [0.2, 0.25) is 10.9 Å². The van der Waals surface area contributed by atoms with Crippen LogP contribution in [0.5, 0.6) is 0 Å². The number of aliphatic hydroxyl groups excluding tert-OH is 1. The van der Waals surface area contributed by atoms with E-state index in [1.165, 1.54) is 24.5 Å². The van der Waals surface area contributed by atoms with Crippen molar-refractivity contribution in [3.63, 3.8) is 0 Å². The van der Waals surface area contributed by atoms with E-state index in [9.17, 15) is 28.7 Å². The van der Waals surface area contributed by atoms with Gasteiger partial charge in [0.05, 0.1) is 41.8 Å². The molecule has 4 aliphatic rings. The highest BCUT2D eigenvalue weighted by Gasteiger charge is 2.70. The molecule has 1 aromatic carbocycles. The van der Waals surface area contributed by atoms with Crippen LogP contribution in [0.1, 0.15) is 67.8 Å². The van der Waals surface area contributed by atoms with Gasteiger partial charge in [0.25, 0.3) is 0 Å². The lowest BCUT2D eigenvalue weighted by atomic mass is 9.45. The molecule has 2 aromatic heterocycles. The summed E-state index contributed by atoms with van der Waals surface area (Å²) >= 11 is 0.854. The van der Waals surface area contributed by atoms with Crippen LogP contribution in [-0.2, 0) is 16.0 Å². The van der Waals surface area contributed by atoms with E-state index >= 15 is 0 Å². The van der Waals surface area contributed by atoms with Crippen molar-refractivity contribution >= 4 is 28.9 Å². The lowest BCUT2D eigenvalue weighted by Crippen LogP contribution is -2.62. The molecule has 1 N–H and O–H groups in total. The molecule has 0 bridgehead atoms. The van der Waals surface area contributed by atoms with Gasteiger partial charge in [0.1, 0.15) is 11.6 Å². The predicted octanol–water partition coefficient (Wildman–Crippen LogP) is 6.28. The quantitative estimate of drug-likeness (QED) is 0.327. The Morgan fingerprint density at radius 1 is 1.24 bits per heavy atom.